The Morgan fingerprint density at radius 2 is 1.56 bits per heavy atom. The Morgan fingerprint density at radius 1 is 0.938 bits per heavy atom. The molecule has 0 heterocycles. The largest absolute Gasteiger partial charge is 0.316 e. The first-order chi connectivity index (χ1) is 7.83. The van der Waals surface area contributed by atoms with Crippen LogP contribution in [0.2, 0.25) is 0 Å². The van der Waals surface area contributed by atoms with E-state index in [1.54, 1.807) is 0 Å². The first kappa shape index (κ1) is 11.4. The lowest BCUT2D eigenvalue weighted by atomic mass is 10.00. The molecule has 0 aliphatic heterocycles. The second kappa shape index (κ2) is 5.28. The lowest BCUT2D eigenvalue weighted by Crippen LogP contribution is -2.06. The molecule has 2 aromatic carbocycles. The molecule has 82 valence electrons. The van der Waals surface area contributed by atoms with Gasteiger partial charge in [-0.05, 0) is 29.8 Å². The van der Waals surface area contributed by atoms with Gasteiger partial charge in [0.25, 0.3) is 0 Å². The summed E-state index contributed by atoms with van der Waals surface area (Å²) in [6.07, 6.45) is 0. The van der Waals surface area contributed by atoms with E-state index in [-0.39, 0.29) is 0 Å². The molecule has 0 aliphatic rings. The molecule has 0 atom stereocenters. The summed E-state index contributed by atoms with van der Waals surface area (Å²) in [5, 5.41) is 3.20. The Hall–Kier alpha value is -1.12. The van der Waals surface area contributed by atoms with Crippen molar-refractivity contribution in [3.05, 3.63) is 58.6 Å². The molecule has 0 spiro atoms. The van der Waals surface area contributed by atoms with E-state index in [4.69, 9.17) is 0 Å². The number of nitrogens with one attached hydrogen (secondary N) is 1. The van der Waals surface area contributed by atoms with Crippen LogP contribution < -0.4 is 5.32 Å². The minimum Gasteiger partial charge on any atom is -0.316 e. The highest BCUT2D eigenvalue weighted by Gasteiger charge is 2.06. The van der Waals surface area contributed by atoms with Crippen LogP contribution in [0.25, 0.3) is 11.1 Å². The van der Waals surface area contributed by atoms with Crippen LogP contribution in [-0.2, 0) is 6.54 Å². The fourth-order valence-corrected chi connectivity index (χ4v) is 2.31. The molecular weight excluding hydrogens is 262 g/mol. The van der Waals surface area contributed by atoms with Crippen molar-refractivity contribution >= 4 is 15.9 Å². The van der Waals surface area contributed by atoms with Crippen molar-refractivity contribution in [3.8, 4) is 11.1 Å². The van der Waals surface area contributed by atoms with E-state index in [1.807, 2.05) is 13.1 Å². The van der Waals surface area contributed by atoms with Crippen LogP contribution in [0.3, 0.4) is 0 Å². The van der Waals surface area contributed by atoms with Gasteiger partial charge in [-0.25, -0.2) is 0 Å². The Balaban J connectivity index is 2.51. The van der Waals surface area contributed by atoms with E-state index >= 15 is 0 Å². The van der Waals surface area contributed by atoms with Crippen molar-refractivity contribution in [1.29, 1.82) is 0 Å². The number of rotatable bonds is 3. The molecule has 0 saturated heterocycles. The Morgan fingerprint density at radius 3 is 2.25 bits per heavy atom. The lowest BCUT2D eigenvalue weighted by Gasteiger charge is -2.10. The monoisotopic (exact) mass is 275 g/mol. The molecule has 2 aromatic rings. The van der Waals surface area contributed by atoms with Gasteiger partial charge in [0.05, 0.1) is 0 Å². The second-order valence-corrected chi connectivity index (χ2v) is 4.52. The van der Waals surface area contributed by atoms with E-state index in [2.05, 4.69) is 63.7 Å². The molecule has 0 aliphatic carbocycles. The third kappa shape index (κ3) is 2.34. The summed E-state index contributed by atoms with van der Waals surface area (Å²) in [5.41, 5.74) is 3.84. The first-order valence-electron chi connectivity index (χ1n) is 5.30. The minimum atomic E-state index is 0.886. The third-order valence-electron chi connectivity index (χ3n) is 2.55. The zero-order valence-electron chi connectivity index (χ0n) is 9.20. The minimum absolute atomic E-state index is 0.886. The molecule has 1 nitrogen and oxygen atoms in total. The van der Waals surface area contributed by atoms with Crippen molar-refractivity contribution in [2.24, 2.45) is 0 Å². The summed E-state index contributed by atoms with van der Waals surface area (Å²) < 4.78 is 1.14. The molecule has 2 heteroatoms. The van der Waals surface area contributed by atoms with Gasteiger partial charge in [-0.15, -0.1) is 0 Å². The molecule has 0 fully saturated rings. The number of benzene rings is 2. The smallest absolute Gasteiger partial charge is 0.0253 e. The summed E-state index contributed by atoms with van der Waals surface area (Å²) in [5.74, 6) is 0. The fourth-order valence-electron chi connectivity index (χ4n) is 1.81. The van der Waals surface area contributed by atoms with E-state index in [9.17, 15) is 0 Å². The van der Waals surface area contributed by atoms with E-state index in [0.717, 1.165) is 11.0 Å². The van der Waals surface area contributed by atoms with Crippen LogP contribution in [0.5, 0.6) is 0 Å². The van der Waals surface area contributed by atoms with Crippen LogP contribution in [0.15, 0.2) is 53.0 Å². The zero-order valence-corrected chi connectivity index (χ0v) is 10.8. The maximum absolute atomic E-state index is 3.60. The van der Waals surface area contributed by atoms with Gasteiger partial charge in [0, 0.05) is 11.0 Å². The summed E-state index contributed by atoms with van der Waals surface area (Å²) in [6, 6.07) is 16.8. The van der Waals surface area contributed by atoms with Crippen LogP contribution in [-0.4, -0.2) is 7.05 Å². The van der Waals surface area contributed by atoms with Crippen LogP contribution >= 0.6 is 15.9 Å². The average Bonchev–Trinajstić information content (AvgIpc) is 2.31. The van der Waals surface area contributed by atoms with Gasteiger partial charge in [-0.3, -0.25) is 0 Å². The van der Waals surface area contributed by atoms with Gasteiger partial charge in [0.15, 0.2) is 0 Å². The third-order valence-corrected chi connectivity index (χ3v) is 3.24. The predicted octanol–water partition coefficient (Wildman–Crippen LogP) is 3.84. The summed E-state index contributed by atoms with van der Waals surface area (Å²) in [4.78, 5) is 0. The Bertz CT molecular complexity index is 480. The molecule has 0 radical (unpaired) electrons. The molecule has 2 rings (SSSR count). The van der Waals surface area contributed by atoms with Gasteiger partial charge >= 0.3 is 0 Å². The summed E-state index contributed by atoms with van der Waals surface area (Å²) >= 11 is 3.60. The van der Waals surface area contributed by atoms with Crippen molar-refractivity contribution in [2.75, 3.05) is 7.05 Å². The van der Waals surface area contributed by atoms with Gasteiger partial charge in [-0.1, -0.05) is 58.4 Å². The number of hydrogen-bond acceptors (Lipinski definition) is 1. The Labute approximate surface area is 105 Å². The van der Waals surface area contributed by atoms with E-state index in [0.29, 0.717) is 0 Å². The van der Waals surface area contributed by atoms with Crippen LogP contribution in [0.4, 0.5) is 0 Å². The molecule has 0 unspecified atom stereocenters. The molecule has 0 saturated carbocycles. The molecule has 1 N–H and O–H groups in total. The van der Waals surface area contributed by atoms with Crippen molar-refractivity contribution < 1.29 is 0 Å². The summed E-state index contributed by atoms with van der Waals surface area (Å²) in [6.45, 7) is 0.886. The van der Waals surface area contributed by atoms with Crippen LogP contribution in [0.1, 0.15) is 5.56 Å². The topological polar surface area (TPSA) is 12.0 Å². The average molecular weight is 276 g/mol. The molecule has 16 heavy (non-hydrogen) atoms. The predicted molar refractivity (Wildman–Crippen MR) is 72.3 cm³/mol. The summed E-state index contributed by atoms with van der Waals surface area (Å²) in [7, 11) is 1.97. The SMILES string of the molecule is CNCc1ccccc1-c1ccccc1Br. The molecular formula is C14H14BrN. The van der Waals surface area contributed by atoms with E-state index < -0.39 is 0 Å². The fraction of sp³-hybridized carbons (Fsp3) is 0.143. The number of halogens is 1. The highest BCUT2D eigenvalue weighted by molar-refractivity contribution is 9.10. The van der Waals surface area contributed by atoms with Crippen molar-refractivity contribution in [3.63, 3.8) is 0 Å². The second-order valence-electron chi connectivity index (χ2n) is 3.67. The maximum Gasteiger partial charge on any atom is 0.0253 e. The molecule has 0 aromatic heterocycles. The van der Waals surface area contributed by atoms with Gasteiger partial charge in [-0.2, -0.15) is 0 Å². The van der Waals surface area contributed by atoms with Crippen molar-refractivity contribution in [1.82, 2.24) is 5.32 Å². The Kier molecular flexibility index (Phi) is 3.75. The molecule has 0 amide bonds. The van der Waals surface area contributed by atoms with E-state index in [1.165, 1.54) is 16.7 Å². The zero-order chi connectivity index (χ0) is 11.4. The standard InChI is InChI=1S/C14H14BrN/c1-16-10-11-6-2-3-7-12(11)13-8-4-5-9-14(13)15/h2-9,16H,10H2,1H3. The van der Waals surface area contributed by atoms with Gasteiger partial charge in [0.1, 0.15) is 0 Å². The quantitative estimate of drug-likeness (QED) is 0.898. The van der Waals surface area contributed by atoms with Gasteiger partial charge in [0.2, 0.25) is 0 Å². The van der Waals surface area contributed by atoms with Crippen LogP contribution in [0, 0.1) is 0 Å². The maximum atomic E-state index is 3.60. The molecule has 0 bridgehead atoms. The normalized spacial score (nSPS) is 10.4. The highest BCUT2D eigenvalue weighted by atomic mass is 79.9. The highest BCUT2D eigenvalue weighted by Crippen LogP contribution is 2.30. The number of hydrogen-bond donors (Lipinski definition) is 1. The van der Waals surface area contributed by atoms with Crippen molar-refractivity contribution in [2.45, 2.75) is 6.54 Å². The van der Waals surface area contributed by atoms with Gasteiger partial charge < -0.3 is 5.32 Å². The lowest BCUT2D eigenvalue weighted by molar-refractivity contribution is 0.819. The first-order valence-corrected chi connectivity index (χ1v) is 6.09.